The standard InChI is InChI=1S/C21H31N3O6S/c1-21(20(26)22-15-8-6-5-7-9-15)14-23(31(4,27)28)13-19(25)24(21)17-11-10-16(29-2)12-18(17)30-3/h10-12,15H,5-9,13-14H2,1-4H3,(H,22,26)/t21-/m1/s1. The number of anilines is 1. The van der Waals surface area contributed by atoms with Crippen LogP contribution in [-0.4, -0.2) is 69.7 Å². The monoisotopic (exact) mass is 453 g/mol. The number of ether oxygens (including phenoxy) is 2. The number of hydrogen-bond acceptors (Lipinski definition) is 6. The molecule has 9 nitrogen and oxygen atoms in total. The van der Waals surface area contributed by atoms with Crippen molar-refractivity contribution in [2.75, 3.05) is 38.5 Å². The summed E-state index contributed by atoms with van der Waals surface area (Å²) in [6.45, 7) is 1.11. The maximum atomic E-state index is 13.5. The van der Waals surface area contributed by atoms with E-state index in [1.165, 1.54) is 19.1 Å². The first-order valence-corrected chi connectivity index (χ1v) is 12.3. The molecule has 2 aliphatic rings. The molecule has 1 aromatic carbocycles. The van der Waals surface area contributed by atoms with Crippen molar-refractivity contribution in [2.45, 2.75) is 50.6 Å². The molecule has 0 aromatic heterocycles. The fraction of sp³-hybridized carbons (Fsp3) is 0.619. The van der Waals surface area contributed by atoms with Gasteiger partial charge in [-0.05, 0) is 31.9 Å². The lowest BCUT2D eigenvalue weighted by Crippen LogP contribution is -2.70. The van der Waals surface area contributed by atoms with Crippen LogP contribution in [0, 0.1) is 0 Å². The van der Waals surface area contributed by atoms with E-state index in [1.807, 2.05) is 0 Å². The lowest BCUT2D eigenvalue weighted by atomic mass is 9.91. The van der Waals surface area contributed by atoms with E-state index in [0.29, 0.717) is 17.2 Å². The van der Waals surface area contributed by atoms with Crippen molar-refractivity contribution in [1.82, 2.24) is 9.62 Å². The normalized spacial score (nSPS) is 23.5. The number of hydrogen-bond donors (Lipinski definition) is 1. The lowest BCUT2D eigenvalue weighted by Gasteiger charge is -2.47. The Kier molecular flexibility index (Phi) is 6.80. The molecule has 1 saturated carbocycles. The molecule has 0 radical (unpaired) electrons. The largest absolute Gasteiger partial charge is 0.497 e. The zero-order valence-electron chi connectivity index (χ0n) is 18.5. The number of piperazine rings is 1. The molecule has 10 heteroatoms. The summed E-state index contributed by atoms with van der Waals surface area (Å²) in [6, 6.07) is 4.97. The lowest BCUT2D eigenvalue weighted by molar-refractivity contribution is -0.133. The predicted octanol–water partition coefficient (Wildman–Crippen LogP) is 1.52. The second kappa shape index (κ2) is 9.04. The van der Waals surface area contributed by atoms with Crippen LogP contribution in [0.1, 0.15) is 39.0 Å². The van der Waals surface area contributed by atoms with Gasteiger partial charge in [0.1, 0.15) is 17.0 Å². The van der Waals surface area contributed by atoms with Gasteiger partial charge in [-0.1, -0.05) is 19.3 Å². The SMILES string of the molecule is COc1ccc(N2C(=O)CN(S(C)(=O)=O)C[C@]2(C)C(=O)NC2CCCCC2)c(OC)c1. The molecule has 2 amide bonds. The molecule has 1 aliphatic carbocycles. The Morgan fingerprint density at radius 1 is 1.16 bits per heavy atom. The summed E-state index contributed by atoms with van der Waals surface area (Å²) in [5.41, 5.74) is -1.06. The third kappa shape index (κ3) is 4.79. The molecule has 3 rings (SSSR count). The van der Waals surface area contributed by atoms with Crippen LogP contribution in [0.4, 0.5) is 5.69 Å². The van der Waals surface area contributed by atoms with Gasteiger partial charge in [-0.2, -0.15) is 4.31 Å². The van der Waals surface area contributed by atoms with Crippen LogP contribution in [0.3, 0.4) is 0 Å². The van der Waals surface area contributed by atoms with Gasteiger partial charge < -0.3 is 14.8 Å². The Morgan fingerprint density at radius 3 is 2.42 bits per heavy atom. The molecule has 1 N–H and O–H groups in total. The van der Waals surface area contributed by atoms with E-state index in [4.69, 9.17) is 9.47 Å². The minimum absolute atomic E-state index is 0.0152. The van der Waals surface area contributed by atoms with Crippen LogP contribution in [0.2, 0.25) is 0 Å². The molecule has 2 fully saturated rings. The number of benzene rings is 1. The average molecular weight is 454 g/mol. The van der Waals surface area contributed by atoms with Crippen molar-refractivity contribution in [3.05, 3.63) is 18.2 Å². The number of carbonyl (C=O) groups is 2. The molecule has 1 saturated heterocycles. The quantitative estimate of drug-likeness (QED) is 0.700. The number of methoxy groups -OCH3 is 2. The van der Waals surface area contributed by atoms with Crippen molar-refractivity contribution in [1.29, 1.82) is 0 Å². The Balaban J connectivity index is 2.04. The number of sulfonamides is 1. The van der Waals surface area contributed by atoms with Gasteiger partial charge in [0, 0.05) is 18.7 Å². The summed E-state index contributed by atoms with van der Waals surface area (Å²) in [5, 5.41) is 3.06. The van der Waals surface area contributed by atoms with Gasteiger partial charge in [-0.25, -0.2) is 8.42 Å². The van der Waals surface area contributed by atoms with Crippen LogP contribution in [-0.2, 0) is 19.6 Å². The summed E-state index contributed by atoms with van der Waals surface area (Å²) in [6.07, 6.45) is 6.00. The molecular formula is C21H31N3O6S. The average Bonchev–Trinajstić information content (AvgIpc) is 2.73. The second-order valence-electron chi connectivity index (χ2n) is 8.38. The first-order valence-electron chi connectivity index (χ1n) is 10.4. The molecule has 1 aromatic rings. The van der Waals surface area contributed by atoms with E-state index >= 15 is 0 Å². The van der Waals surface area contributed by atoms with E-state index in [-0.39, 0.29) is 25.0 Å². The van der Waals surface area contributed by atoms with Crippen molar-refractivity contribution in [2.24, 2.45) is 0 Å². The predicted molar refractivity (Wildman–Crippen MR) is 117 cm³/mol. The van der Waals surface area contributed by atoms with E-state index in [1.54, 1.807) is 25.1 Å². The van der Waals surface area contributed by atoms with Crippen LogP contribution in [0.5, 0.6) is 11.5 Å². The smallest absolute Gasteiger partial charge is 0.247 e. The minimum atomic E-state index is -3.67. The molecule has 0 bridgehead atoms. The fourth-order valence-electron chi connectivity index (χ4n) is 4.33. The highest BCUT2D eigenvalue weighted by Gasteiger charge is 2.51. The van der Waals surface area contributed by atoms with Gasteiger partial charge in [-0.15, -0.1) is 0 Å². The molecule has 0 unspecified atom stereocenters. The highest BCUT2D eigenvalue weighted by atomic mass is 32.2. The topological polar surface area (TPSA) is 105 Å². The van der Waals surface area contributed by atoms with Gasteiger partial charge in [-0.3, -0.25) is 14.5 Å². The van der Waals surface area contributed by atoms with Crippen LogP contribution in [0.15, 0.2) is 18.2 Å². The first-order chi connectivity index (χ1) is 14.6. The molecular weight excluding hydrogens is 422 g/mol. The second-order valence-corrected chi connectivity index (χ2v) is 10.4. The molecule has 1 atom stereocenters. The Hall–Kier alpha value is -2.33. The molecule has 0 spiro atoms. The van der Waals surface area contributed by atoms with Crippen molar-refractivity contribution >= 4 is 27.5 Å². The fourth-order valence-corrected chi connectivity index (χ4v) is 5.16. The first kappa shape index (κ1) is 23.3. The number of amides is 2. The van der Waals surface area contributed by atoms with E-state index in [2.05, 4.69) is 5.32 Å². The summed E-state index contributed by atoms with van der Waals surface area (Å²) < 4.78 is 36.3. The van der Waals surface area contributed by atoms with Gasteiger partial charge in [0.25, 0.3) is 0 Å². The van der Waals surface area contributed by atoms with Gasteiger partial charge in [0.2, 0.25) is 21.8 Å². The van der Waals surface area contributed by atoms with Crippen molar-refractivity contribution < 1.29 is 27.5 Å². The summed E-state index contributed by atoms with van der Waals surface area (Å²) in [4.78, 5) is 28.1. The number of carbonyl (C=O) groups excluding carboxylic acids is 2. The molecule has 31 heavy (non-hydrogen) atoms. The molecule has 1 heterocycles. The van der Waals surface area contributed by atoms with Crippen LogP contribution in [0.25, 0.3) is 0 Å². The highest BCUT2D eigenvalue weighted by molar-refractivity contribution is 7.88. The third-order valence-corrected chi connectivity index (χ3v) is 7.26. The molecule has 172 valence electrons. The van der Waals surface area contributed by atoms with Crippen molar-refractivity contribution in [3.63, 3.8) is 0 Å². The third-order valence-electron chi connectivity index (χ3n) is 6.07. The number of nitrogens with one attached hydrogen (secondary N) is 1. The number of nitrogens with zero attached hydrogens (tertiary/aromatic N) is 2. The van der Waals surface area contributed by atoms with E-state index in [0.717, 1.165) is 42.7 Å². The summed E-state index contributed by atoms with van der Waals surface area (Å²) >= 11 is 0. The zero-order valence-corrected chi connectivity index (χ0v) is 19.3. The van der Waals surface area contributed by atoms with E-state index < -0.39 is 21.5 Å². The number of rotatable bonds is 6. The maximum Gasteiger partial charge on any atom is 0.247 e. The van der Waals surface area contributed by atoms with E-state index in [9.17, 15) is 18.0 Å². The summed E-state index contributed by atoms with van der Waals surface area (Å²) in [7, 11) is -0.687. The maximum absolute atomic E-state index is 13.5. The zero-order chi connectivity index (χ0) is 22.8. The Bertz CT molecular complexity index is 944. The molecule has 1 aliphatic heterocycles. The van der Waals surface area contributed by atoms with Gasteiger partial charge >= 0.3 is 0 Å². The Morgan fingerprint density at radius 2 is 1.84 bits per heavy atom. The minimum Gasteiger partial charge on any atom is -0.497 e. The Labute approximate surface area is 183 Å². The van der Waals surface area contributed by atoms with Crippen LogP contribution < -0.4 is 19.7 Å². The summed E-state index contributed by atoms with van der Waals surface area (Å²) in [5.74, 6) is 0.0220. The van der Waals surface area contributed by atoms with Crippen molar-refractivity contribution in [3.8, 4) is 11.5 Å². The highest BCUT2D eigenvalue weighted by Crippen LogP contribution is 2.38. The van der Waals surface area contributed by atoms with Gasteiger partial charge in [0.15, 0.2) is 0 Å². The van der Waals surface area contributed by atoms with Gasteiger partial charge in [0.05, 0.1) is 32.7 Å². The van der Waals surface area contributed by atoms with Crippen LogP contribution >= 0.6 is 0 Å².